The molecule has 1 amide bonds. The fourth-order valence-corrected chi connectivity index (χ4v) is 2.67. The molecule has 6 nitrogen and oxygen atoms in total. The van der Waals surface area contributed by atoms with Gasteiger partial charge in [0.15, 0.2) is 0 Å². The molecule has 0 bridgehead atoms. The molecule has 0 heterocycles. The van der Waals surface area contributed by atoms with Gasteiger partial charge in [-0.15, -0.1) is 0 Å². The third-order valence-electron chi connectivity index (χ3n) is 3.75. The molecule has 0 aliphatic heterocycles. The number of carboxylic acids is 2. The number of hydrogen-bond donors (Lipinski definition) is 3. The summed E-state index contributed by atoms with van der Waals surface area (Å²) in [5, 5.41) is 19.7. The second-order valence-corrected chi connectivity index (χ2v) is 5.45. The minimum absolute atomic E-state index is 0.264. The van der Waals surface area contributed by atoms with Crippen molar-refractivity contribution in [1.29, 1.82) is 0 Å². The van der Waals surface area contributed by atoms with Crippen LogP contribution in [0.1, 0.15) is 57.8 Å². The van der Waals surface area contributed by atoms with E-state index < -0.39 is 24.4 Å². The smallest absolute Gasteiger partial charge is 0.326 e. The molecule has 1 fully saturated rings. The molecule has 0 aromatic carbocycles. The van der Waals surface area contributed by atoms with Crippen LogP contribution in [-0.4, -0.2) is 34.1 Å². The van der Waals surface area contributed by atoms with Crippen LogP contribution in [0.15, 0.2) is 0 Å². The second-order valence-electron chi connectivity index (χ2n) is 5.45. The highest BCUT2D eigenvalue weighted by atomic mass is 16.4. The molecule has 1 rings (SSSR count). The topological polar surface area (TPSA) is 104 Å². The summed E-state index contributed by atoms with van der Waals surface area (Å²) in [5.74, 6) is -2.24. The molecule has 0 aromatic rings. The van der Waals surface area contributed by atoms with E-state index in [1.54, 1.807) is 0 Å². The lowest BCUT2D eigenvalue weighted by Gasteiger charge is -2.21. The molecule has 20 heavy (non-hydrogen) atoms. The molecule has 1 aliphatic carbocycles. The number of carbonyl (C=O) groups is 3. The van der Waals surface area contributed by atoms with Gasteiger partial charge in [-0.05, 0) is 18.8 Å². The summed E-state index contributed by atoms with van der Waals surface area (Å²) in [4.78, 5) is 32.9. The molecule has 1 atom stereocenters. The van der Waals surface area contributed by atoms with Crippen LogP contribution in [0.3, 0.4) is 0 Å². The van der Waals surface area contributed by atoms with E-state index in [9.17, 15) is 14.4 Å². The van der Waals surface area contributed by atoms with Gasteiger partial charge in [0.25, 0.3) is 0 Å². The first-order chi connectivity index (χ1) is 9.49. The average Bonchev–Trinajstić information content (AvgIpc) is 2.38. The molecular formula is C14H23NO5. The average molecular weight is 285 g/mol. The fraction of sp³-hybridized carbons (Fsp3) is 0.786. The number of carbonyl (C=O) groups excluding carboxylic acids is 1. The first-order valence-corrected chi connectivity index (χ1v) is 7.23. The normalized spacial score (nSPS) is 17.4. The largest absolute Gasteiger partial charge is 0.481 e. The molecule has 0 unspecified atom stereocenters. The van der Waals surface area contributed by atoms with Crippen LogP contribution in [0.25, 0.3) is 0 Å². The Kier molecular flexibility index (Phi) is 7.04. The summed E-state index contributed by atoms with van der Waals surface area (Å²) < 4.78 is 0. The lowest BCUT2D eigenvalue weighted by Crippen LogP contribution is -2.42. The van der Waals surface area contributed by atoms with Crippen molar-refractivity contribution in [3.05, 3.63) is 0 Å². The van der Waals surface area contributed by atoms with Crippen molar-refractivity contribution in [3.63, 3.8) is 0 Å². The standard InChI is InChI=1S/C14H23NO5/c16-12(15-11(14(19)20)9-13(17)18)8-4-7-10-5-2-1-3-6-10/h10-11H,1-9H2,(H,15,16)(H,17,18)(H,19,20)/t11-/m1/s1. The highest BCUT2D eigenvalue weighted by Gasteiger charge is 2.23. The Morgan fingerprint density at radius 1 is 1.10 bits per heavy atom. The quantitative estimate of drug-likeness (QED) is 0.630. The van der Waals surface area contributed by atoms with Crippen LogP contribution >= 0.6 is 0 Å². The number of nitrogens with one attached hydrogen (secondary N) is 1. The predicted molar refractivity (Wildman–Crippen MR) is 72.2 cm³/mol. The molecular weight excluding hydrogens is 262 g/mol. The first kappa shape index (κ1) is 16.5. The molecule has 0 radical (unpaired) electrons. The van der Waals surface area contributed by atoms with E-state index in [2.05, 4.69) is 5.32 Å². The number of aliphatic carboxylic acids is 2. The van der Waals surface area contributed by atoms with E-state index in [-0.39, 0.29) is 12.3 Å². The molecule has 0 spiro atoms. The lowest BCUT2D eigenvalue weighted by atomic mass is 9.86. The molecule has 0 aromatic heterocycles. The first-order valence-electron chi connectivity index (χ1n) is 7.23. The number of amides is 1. The van der Waals surface area contributed by atoms with E-state index >= 15 is 0 Å². The van der Waals surface area contributed by atoms with E-state index in [0.29, 0.717) is 5.92 Å². The van der Waals surface area contributed by atoms with Crippen molar-refractivity contribution >= 4 is 17.8 Å². The summed E-state index contributed by atoms with van der Waals surface area (Å²) in [5.41, 5.74) is 0. The van der Waals surface area contributed by atoms with E-state index in [4.69, 9.17) is 10.2 Å². The summed E-state index contributed by atoms with van der Waals surface area (Å²) >= 11 is 0. The maximum Gasteiger partial charge on any atom is 0.326 e. The van der Waals surface area contributed by atoms with Crippen LogP contribution in [0, 0.1) is 5.92 Å². The van der Waals surface area contributed by atoms with Gasteiger partial charge in [0.1, 0.15) is 6.04 Å². The van der Waals surface area contributed by atoms with Gasteiger partial charge in [-0.1, -0.05) is 32.1 Å². The Morgan fingerprint density at radius 3 is 2.30 bits per heavy atom. The molecule has 1 aliphatic rings. The third kappa shape index (κ3) is 6.54. The zero-order valence-corrected chi connectivity index (χ0v) is 11.6. The monoisotopic (exact) mass is 285 g/mol. The van der Waals surface area contributed by atoms with Crippen molar-refractivity contribution in [1.82, 2.24) is 5.32 Å². The third-order valence-corrected chi connectivity index (χ3v) is 3.75. The van der Waals surface area contributed by atoms with E-state index in [1.165, 1.54) is 32.1 Å². The molecule has 6 heteroatoms. The van der Waals surface area contributed by atoms with Gasteiger partial charge < -0.3 is 15.5 Å². The second kappa shape index (κ2) is 8.55. The summed E-state index contributed by atoms with van der Waals surface area (Å²) in [6, 6.07) is -1.34. The highest BCUT2D eigenvalue weighted by Crippen LogP contribution is 2.27. The maximum absolute atomic E-state index is 11.6. The highest BCUT2D eigenvalue weighted by molar-refractivity contribution is 5.86. The van der Waals surface area contributed by atoms with Crippen molar-refractivity contribution < 1.29 is 24.6 Å². The van der Waals surface area contributed by atoms with Crippen molar-refractivity contribution in [2.75, 3.05) is 0 Å². The minimum atomic E-state index is -1.34. The molecule has 3 N–H and O–H groups in total. The van der Waals surface area contributed by atoms with Gasteiger partial charge >= 0.3 is 11.9 Å². The number of carboxylic acid groups (broad SMARTS) is 2. The van der Waals surface area contributed by atoms with Crippen molar-refractivity contribution in [2.24, 2.45) is 5.92 Å². The van der Waals surface area contributed by atoms with Crippen LogP contribution in [0.2, 0.25) is 0 Å². The van der Waals surface area contributed by atoms with Gasteiger partial charge in [-0.2, -0.15) is 0 Å². The van der Waals surface area contributed by atoms with Crippen molar-refractivity contribution in [2.45, 2.75) is 63.8 Å². The van der Waals surface area contributed by atoms with Gasteiger partial charge in [0.05, 0.1) is 6.42 Å². The minimum Gasteiger partial charge on any atom is -0.481 e. The van der Waals surface area contributed by atoms with E-state index in [1.807, 2.05) is 0 Å². The van der Waals surface area contributed by atoms with Crippen LogP contribution < -0.4 is 5.32 Å². The Labute approximate surface area is 118 Å². The Morgan fingerprint density at radius 2 is 1.75 bits per heavy atom. The number of rotatable bonds is 8. The SMILES string of the molecule is O=C(O)C[C@@H](NC(=O)CCCC1CCCCC1)C(=O)O. The summed E-state index contributed by atoms with van der Waals surface area (Å²) in [6.45, 7) is 0. The Balaban J connectivity index is 2.23. The van der Waals surface area contributed by atoms with Gasteiger partial charge in [0, 0.05) is 6.42 Å². The predicted octanol–water partition coefficient (Wildman–Crippen LogP) is 1.78. The van der Waals surface area contributed by atoms with Gasteiger partial charge in [-0.25, -0.2) is 4.79 Å². The lowest BCUT2D eigenvalue weighted by molar-refractivity contribution is -0.147. The Hall–Kier alpha value is -1.59. The summed E-state index contributed by atoms with van der Waals surface area (Å²) in [6.07, 6.45) is 7.65. The van der Waals surface area contributed by atoms with Crippen LogP contribution in [0.5, 0.6) is 0 Å². The molecule has 114 valence electrons. The van der Waals surface area contributed by atoms with Crippen LogP contribution in [0.4, 0.5) is 0 Å². The van der Waals surface area contributed by atoms with Crippen LogP contribution in [-0.2, 0) is 14.4 Å². The van der Waals surface area contributed by atoms with Crippen molar-refractivity contribution in [3.8, 4) is 0 Å². The molecule has 0 saturated heterocycles. The number of hydrogen-bond acceptors (Lipinski definition) is 3. The zero-order valence-electron chi connectivity index (χ0n) is 11.6. The summed E-state index contributed by atoms with van der Waals surface area (Å²) in [7, 11) is 0. The Bertz CT molecular complexity index is 349. The van der Waals surface area contributed by atoms with E-state index in [0.717, 1.165) is 12.8 Å². The van der Waals surface area contributed by atoms with Gasteiger partial charge in [-0.3, -0.25) is 9.59 Å². The maximum atomic E-state index is 11.6. The van der Waals surface area contributed by atoms with Gasteiger partial charge in [0.2, 0.25) is 5.91 Å². The fourth-order valence-electron chi connectivity index (χ4n) is 2.67. The molecule has 1 saturated carbocycles. The zero-order chi connectivity index (χ0) is 15.0.